The zero-order chi connectivity index (χ0) is 19.7. The number of halogens is 1. The van der Waals surface area contributed by atoms with E-state index in [0.29, 0.717) is 13.1 Å². The van der Waals surface area contributed by atoms with E-state index in [-0.39, 0.29) is 10.8 Å². The van der Waals surface area contributed by atoms with Gasteiger partial charge in [-0.2, -0.15) is 9.40 Å². The minimum atomic E-state index is -3.65. The molecule has 1 saturated heterocycles. The van der Waals surface area contributed by atoms with Crippen LogP contribution in [0.25, 0.3) is 11.0 Å². The first-order valence-electron chi connectivity index (χ1n) is 9.57. The monoisotopic (exact) mass is 402 g/mol. The van der Waals surface area contributed by atoms with Crippen LogP contribution in [0.5, 0.6) is 0 Å². The molecule has 1 aliphatic heterocycles. The van der Waals surface area contributed by atoms with Crippen molar-refractivity contribution >= 4 is 21.1 Å². The van der Waals surface area contributed by atoms with Gasteiger partial charge in [0.25, 0.3) is 0 Å². The lowest BCUT2D eigenvalue weighted by molar-refractivity contribution is 0.313. The molecule has 28 heavy (non-hydrogen) atoms. The summed E-state index contributed by atoms with van der Waals surface area (Å²) in [5.74, 6) is -0.421. The average Bonchev–Trinajstić information content (AvgIpc) is 3.11. The molecule has 1 aliphatic rings. The quantitative estimate of drug-likeness (QED) is 0.655. The zero-order valence-electron chi connectivity index (χ0n) is 15.8. The van der Waals surface area contributed by atoms with Gasteiger partial charge in [-0.25, -0.2) is 22.5 Å². The fourth-order valence-corrected chi connectivity index (χ4v) is 5.25. The molecular weight excluding hydrogens is 379 g/mol. The van der Waals surface area contributed by atoms with Gasteiger partial charge < -0.3 is 0 Å². The van der Waals surface area contributed by atoms with Crippen LogP contribution >= 0.6 is 0 Å². The molecule has 0 bridgehead atoms. The maximum Gasteiger partial charge on any atom is 0.243 e. The van der Waals surface area contributed by atoms with E-state index in [0.717, 1.165) is 42.5 Å². The lowest BCUT2D eigenvalue weighted by atomic mass is 9.95. The van der Waals surface area contributed by atoms with Crippen molar-refractivity contribution in [3.63, 3.8) is 0 Å². The Hall–Kier alpha value is -2.32. The van der Waals surface area contributed by atoms with Crippen molar-refractivity contribution in [1.82, 2.24) is 19.1 Å². The second kappa shape index (κ2) is 7.60. The number of aryl methyl sites for hydroxylation is 1. The van der Waals surface area contributed by atoms with Gasteiger partial charge in [-0.1, -0.05) is 6.92 Å². The number of rotatable bonds is 5. The highest BCUT2D eigenvalue weighted by atomic mass is 32.2. The minimum absolute atomic E-state index is 0.0262. The number of benzene rings is 1. The van der Waals surface area contributed by atoms with Crippen LogP contribution in [0.2, 0.25) is 0 Å². The average molecular weight is 402 g/mol. The highest BCUT2D eigenvalue weighted by molar-refractivity contribution is 7.89. The Morgan fingerprint density at radius 1 is 1.18 bits per heavy atom. The molecule has 4 rings (SSSR count). The predicted molar refractivity (Wildman–Crippen MR) is 105 cm³/mol. The Bertz CT molecular complexity index is 1080. The second-order valence-electron chi connectivity index (χ2n) is 7.17. The number of pyridine rings is 1. The minimum Gasteiger partial charge on any atom is -0.247 e. The van der Waals surface area contributed by atoms with Crippen molar-refractivity contribution < 1.29 is 12.8 Å². The van der Waals surface area contributed by atoms with E-state index in [4.69, 9.17) is 4.98 Å². The Kier molecular flexibility index (Phi) is 5.16. The van der Waals surface area contributed by atoms with Gasteiger partial charge in [-0.05, 0) is 55.7 Å². The summed E-state index contributed by atoms with van der Waals surface area (Å²) < 4.78 is 42.5. The highest BCUT2D eigenvalue weighted by Crippen LogP contribution is 2.30. The Morgan fingerprint density at radius 2 is 1.96 bits per heavy atom. The van der Waals surface area contributed by atoms with Crippen LogP contribution in [0, 0.1) is 5.82 Å². The third kappa shape index (κ3) is 3.54. The maximum atomic E-state index is 13.2. The van der Waals surface area contributed by atoms with Crippen molar-refractivity contribution in [2.24, 2.45) is 0 Å². The molecule has 0 aliphatic carbocycles. The van der Waals surface area contributed by atoms with Gasteiger partial charge in [0, 0.05) is 36.6 Å². The number of piperidine rings is 1. The fraction of sp³-hybridized carbons (Fsp3) is 0.400. The SMILES string of the molecule is CCCn1ncc2ccc([C@@H]3CCCN(S(=O)(=O)c4ccc(F)cc4)C3)nc21. The van der Waals surface area contributed by atoms with Gasteiger partial charge in [0.2, 0.25) is 10.0 Å². The lowest BCUT2D eigenvalue weighted by Crippen LogP contribution is -2.39. The number of hydrogen-bond acceptors (Lipinski definition) is 4. The summed E-state index contributed by atoms with van der Waals surface area (Å²) in [7, 11) is -3.65. The number of nitrogens with zero attached hydrogens (tertiary/aromatic N) is 4. The van der Waals surface area contributed by atoms with Crippen molar-refractivity contribution in [2.45, 2.75) is 43.5 Å². The molecule has 8 heteroatoms. The summed E-state index contributed by atoms with van der Waals surface area (Å²) in [5.41, 5.74) is 1.74. The molecule has 1 aromatic carbocycles. The maximum absolute atomic E-state index is 13.2. The first kappa shape index (κ1) is 19.0. The van der Waals surface area contributed by atoms with Gasteiger partial charge in [0.05, 0.1) is 11.1 Å². The molecule has 6 nitrogen and oxygen atoms in total. The summed E-state index contributed by atoms with van der Waals surface area (Å²) >= 11 is 0. The van der Waals surface area contributed by atoms with Crippen LogP contribution in [0.4, 0.5) is 4.39 Å². The van der Waals surface area contributed by atoms with Crippen molar-refractivity contribution in [1.29, 1.82) is 0 Å². The third-order valence-corrected chi connectivity index (χ3v) is 7.08. The van der Waals surface area contributed by atoms with Crippen LogP contribution in [-0.4, -0.2) is 40.6 Å². The second-order valence-corrected chi connectivity index (χ2v) is 9.11. The molecule has 3 heterocycles. The standard InChI is InChI=1S/C20H23FN4O2S/c1-2-11-25-20-15(13-22-25)5-10-19(23-20)16-4-3-12-24(14-16)28(26,27)18-8-6-17(21)7-9-18/h5-10,13,16H,2-4,11-12,14H2,1H3/t16-/m1/s1. The highest BCUT2D eigenvalue weighted by Gasteiger charge is 2.31. The first-order chi connectivity index (χ1) is 13.5. The lowest BCUT2D eigenvalue weighted by Gasteiger charge is -2.31. The van der Waals surface area contributed by atoms with E-state index in [1.165, 1.54) is 28.6 Å². The van der Waals surface area contributed by atoms with E-state index < -0.39 is 15.8 Å². The molecule has 0 spiro atoms. The first-order valence-corrected chi connectivity index (χ1v) is 11.0. The third-order valence-electron chi connectivity index (χ3n) is 5.20. The van der Waals surface area contributed by atoms with Crippen LogP contribution in [0.3, 0.4) is 0 Å². The Labute approximate surface area is 164 Å². The van der Waals surface area contributed by atoms with Crippen molar-refractivity contribution in [2.75, 3.05) is 13.1 Å². The summed E-state index contributed by atoms with van der Waals surface area (Å²) in [5, 5.41) is 5.38. The molecular formula is C20H23FN4O2S. The molecule has 0 unspecified atom stereocenters. The molecule has 0 amide bonds. The molecule has 1 fully saturated rings. The summed E-state index contributed by atoms with van der Waals surface area (Å²) in [6, 6.07) is 8.98. The molecule has 0 radical (unpaired) electrons. The smallest absolute Gasteiger partial charge is 0.243 e. The normalized spacial score (nSPS) is 18.6. The van der Waals surface area contributed by atoms with Crippen LogP contribution in [0.1, 0.15) is 37.8 Å². The van der Waals surface area contributed by atoms with E-state index in [2.05, 4.69) is 12.0 Å². The van der Waals surface area contributed by atoms with E-state index in [1.807, 2.05) is 23.0 Å². The number of aromatic nitrogens is 3. The summed E-state index contributed by atoms with van der Waals surface area (Å²) in [6.07, 6.45) is 4.43. The Morgan fingerprint density at radius 3 is 2.71 bits per heavy atom. The largest absolute Gasteiger partial charge is 0.247 e. The van der Waals surface area contributed by atoms with Crippen LogP contribution in [0.15, 0.2) is 47.5 Å². The van der Waals surface area contributed by atoms with E-state index >= 15 is 0 Å². The molecule has 3 aromatic rings. The number of hydrogen-bond donors (Lipinski definition) is 0. The molecule has 0 N–H and O–H groups in total. The predicted octanol–water partition coefficient (Wildman–Crippen LogP) is 3.55. The van der Waals surface area contributed by atoms with Crippen LogP contribution in [-0.2, 0) is 16.6 Å². The van der Waals surface area contributed by atoms with Crippen molar-refractivity contribution in [3.05, 3.63) is 54.1 Å². The van der Waals surface area contributed by atoms with Gasteiger partial charge in [-0.3, -0.25) is 0 Å². The molecule has 148 valence electrons. The van der Waals surface area contributed by atoms with Gasteiger partial charge in [0.1, 0.15) is 5.82 Å². The Balaban J connectivity index is 1.61. The molecule has 2 aromatic heterocycles. The number of fused-ring (bicyclic) bond motifs is 1. The fourth-order valence-electron chi connectivity index (χ4n) is 3.73. The summed E-state index contributed by atoms with van der Waals surface area (Å²) in [4.78, 5) is 4.93. The molecule has 0 saturated carbocycles. The summed E-state index contributed by atoms with van der Waals surface area (Å²) in [6.45, 7) is 3.73. The van der Waals surface area contributed by atoms with E-state index in [1.54, 1.807) is 0 Å². The molecule has 1 atom stereocenters. The van der Waals surface area contributed by atoms with Gasteiger partial charge >= 0.3 is 0 Å². The van der Waals surface area contributed by atoms with E-state index in [9.17, 15) is 12.8 Å². The van der Waals surface area contributed by atoms with Crippen LogP contribution < -0.4 is 0 Å². The number of sulfonamides is 1. The van der Waals surface area contributed by atoms with Gasteiger partial charge in [0.15, 0.2) is 5.65 Å². The van der Waals surface area contributed by atoms with Gasteiger partial charge in [-0.15, -0.1) is 0 Å². The topological polar surface area (TPSA) is 68.1 Å². The van der Waals surface area contributed by atoms with Crippen molar-refractivity contribution in [3.8, 4) is 0 Å². The zero-order valence-corrected chi connectivity index (χ0v) is 16.6.